The summed E-state index contributed by atoms with van der Waals surface area (Å²) in [6.45, 7) is 6.24. The molecule has 1 aromatic carbocycles. The average molecular weight is 529 g/mol. The Morgan fingerprint density at radius 1 is 0.763 bits per heavy atom. The third-order valence-corrected chi connectivity index (χ3v) is 8.46. The van der Waals surface area contributed by atoms with Crippen LogP contribution in [0.5, 0.6) is 0 Å². The van der Waals surface area contributed by atoms with Gasteiger partial charge in [0.25, 0.3) is 0 Å². The molecule has 0 aliphatic heterocycles. The number of esters is 3. The molecule has 0 heterocycles. The van der Waals surface area contributed by atoms with E-state index in [1.165, 1.54) is 57.6 Å². The average Bonchev–Trinajstić information content (AvgIpc) is 2.94. The number of ether oxygens (including phenoxy) is 3. The van der Waals surface area contributed by atoms with Crippen LogP contribution in [-0.2, 0) is 19.0 Å². The Bertz CT molecular complexity index is 862. The summed E-state index contributed by atoms with van der Waals surface area (Å²) in [5.41, 5.74) is 0.691. The first-order chi connectivity index (χ1) is 18.4. The van der Waals surface area contributed by atoms with Crippen molar-refractivity contribution in [3.05, 3.63) is 35.4 Å². The second-order valence-corrected chi connectivity index (χ2v) is 11.4. The van der Waals surface area contributed by atoms with E-state index >= 15 is 0 Å². The topological polar surface area (TPSA) is 78.9 Å². The summed E-state index contributed by atoms with van der Waals surface area (Å²) in [4.78, 5) is 37.2. The molecule has 0 spiro atoms. The minimum absolute atomic E-state index is 0.0337. The number of unbranched alkanes of at least 4 members (excludes halogenated alkanes) is 3. The summed E-state index contributed by atoms with van der Waals surface area (Å²) in [7, 11) is 0. The van der Waals surface area contributed by atoms with Crippen molar-refractivity contribution in [2.24, 2.45) is 17.8 Å². The van der Waals surface area contributed by atoms with Gasteiger partial charge in [0.2, 0.25) is 0 Å². The zero-order valence-electron chi connectivity index (χ0n) is 23.8. The van der Waals surface area contributed by atoms with Gasteiger partial charge in [-0.05, 0) is 93.9 Å². The molecule has 1 atom stereocenters. The summed E-state index contributed by atoms with van der Waals surface area (Å²) >= 11 is 0. The van der Waals surface area contributed by atoms with Crippen LogP contribution < -0.4 is 0 Å². The monoisotopic (exact) mass is 528 g/mol. The highest BCUT2D eigenvalue weighted by atomic mass is 16.6. The van der Waals surface area contributed by atoms with Crippen LogP contribution in [0.1, 0.15) is 131 Å². The van der Waals surface area contributed by atoms with E-state index in [-0.39, 0.29) is 17.6 Å². The van der Waals surface area contributed by atoms with Gasteiger partial charge in [0, 0.05) is 0 Å². The maximum atomic E-state index is 12.7. The first-order valence-electron chi connectivity index (χ1n) is 15.1. The Morgan fingerprint density at radius 2 is 1.34 bits per heavy atom. The third kappa shape index (κ3) is 9.43. The Balaban J connectivity index is 1.37. The maximum absolute atomic E-state index is 12.7. The van der Waals surface area contributed by atoms with Crippen molar-refractivity contribution in [2.45, 2.75) is 123 Å². The van der Waals surface area contributed by atoms with Gasteiger partial charge in [0.15, 0.2) is 6.10 Å². The van der Waals surface area contributed by atoms with Gasteiger partial charge in [0.1, 0.15) is 6.10 Å². The molecule has 38 heavy (non-hydrogen) atoms. The second-order valence-electron chi connectivity index (χ2n) is 11.4. The first-order valence-corrected chi connectivity index (χ1v) is 15.1. The van der Waals surface area contributed by atoms with Gasteiger partial charge in [-0.2, -0.15) is 0 Å². The van der Waals surface area contributed by atoms with Crippen molar-refractivity contribution >= 4 is 17.9 Å². The highest BCUT2D eigenvalue weighted by Crippen LogP contribution is 2.41. The van der Waals surface area contributed by atoms with Crippen LogP contribution in [0, 0.1) is 17.8 Å². The molecule has 2 saturated carbocycles. The van der Waals surface area contributed by atoms with Crippen molar-refractivity contribution in [3.63, 3.8) is 0 Å². The van der Waals surface area contributed by atoms with Crippen LogP contribution in [0.25, 0.3) is 0 Å². The molecule has 6 heteroatoms. The lowest BCUT2D eigenvalue weighted by Crippen LogP contribution is -2.29. The summed E-state index contributed by atoms with van der Waals surface area (Å²) in [6.07, 6.45) is 15.4. The third-order valence-electron chi connectivity index (χ3n) is 8.46. The normalized spacial score (nSPS) is 24.3. The lowest BCUT2D eigenvalue weighted by atomic mass is 9.70. The van der Waals surface area contributed by atoms with Gasteiger partial charge in [-0.1, -0.05) is 58.8 Å². The lowest BCUT2D eigenvalue weighted by molar-refractivity contribution is -0.153. The standard InChI is InChI=1S/C32H48O6/c1-4-6-7-8-22-36-30(33)23(3)37-31(34)27-14-16-28(17-15-27)32(35)38-29-20-18-26(19-21-29)25-12-10-24(9-5-2)11-13-25/h14-17,23-26,29H,4-13,18-22H2,1-3H3/t23-,24?,25?,26?,29?/m1/s1. The Labute approximate surface area is 229 Å². The molecular weight excluding hydrogens is 480 g/mol. The molecule has 0 saturated heterocycles. The molecule has 3 rings (SSSR count). The molecule has 2 aliphatic rings. The van der Waals surface area contributed by atoms with Crippen molar-refractivity contribution in [1.82, 2.24) is 0 Å². The molecule has 2 aliphatic carbocycles. The van der Waals surface area contributed by atoms with Crippen molar-refractivity contribution in [2.75, 3.05) is 6.61 Å². The summed E-state index contributed by atoms with van der Waals surface area (Å²) in [5, 5.41) is 0. The zero-order chi connectivity index (χ0) is 27.3. The fourth-order valence-corrected chi connectivity index (χ4v) is 6.09. The molecule has 0 unspecified atom stereocenters. The minimum Gasteiger partial charge on any atom is -0.463 e. The van der Waals surface area contributed by atoms with Crippen LogP contribution in [0.2, 0.25) is 0 Å². The Morgan fingerprint density at radius 3 is 1.92 bits per heavy atom. The van der Waals surface area contributed by atoms with Crippen LogP contribution in [-0.4, -0.2) is 36.7 Å². The van der Waals surface area contributed by atoms with E-state index in [4.69, 9.17) is 14.2 Å². The minimum atomic E-state index is -0.986. The molecule has 0 aromatic heterocycles. The van der Waals surface area contributed by atoms with Crippen molar-refractivity contribution in [3.8, 4) is 0 Å². The van der Waals surface area contributed by atoms with Crippen LogP contribution in [0.3, 0.4) is 0 Å². The fraction of sp³-hybridized carbons (Fsp3) is 0.719. The van der Waals surface area contributed by atoms with E-state index in [2.05, 4.69) is 13.8 Å². The number of carbonyl (C=O) groups is 3. The van der Waals surface area contributed by atoms with E-state index < -0.39 is 18.0 Å². The number of hydrogen-bond donors (Lipinski definition) is 0. The molecular formula is C32H48O6. The first kappa shape index (κ1) is 30.2. The fourth-order valence-electron chi connectivity index (χ4n) is 6.09. The summed E-state index contributed by atoms with van der Waals surface area (Å²) < 4.78 is 16.2. The van der Waals surface area contributed by atoms with E-state index in [1.54, 1.807) is 12.1 Å². The van der Waals surface area contributed by atoms with Gasteiger partial charge in [-0.15, -0.1) is 0 Å². The number of rotatable bonds is 13. The van der Waals surface area contributed by atoms with Gasteiger partial charge in [0.05, 0.1) is 17.7 Å². The van der Waals surface area contributed by atoms with Crippen LogP contribution in [0.4, 0.5) is 0 Å². The highest BCUT2D eigenvalue weighted by molar-refractivity contribution is 5.94. The van der Waals surface area contributed by atoms with Crippen LogP contribution >= 0.6 is 0 Å². The predicted octanol–water partition coefficient (Wildman–Crippen LogP) is 7.68. The molecule has 2 fully saturated rings. The predicted molar refractivity (Wildman–Crippen MR) is 148 cm³/mol. The van der Waals surface area contributed by atoms with Gasteiger partial charge in [-0.25, -0.2) is 14.4 Å². The number of carbonyl (C=O) groups excluding carboxylic acids is 3. The van der Waals surface area contributed by atoms with E-state index in [0.29, 0.717) is 12.2 Å². The summed E-state index contributed by atoms with van der Waals surface area (Å²) in [5.74, 6) is 1.04. The smallest absolute Gasteiger partial charge is 0.347 e. The highest BCUT2D eigenvalue weighted by Gasteiger charge is 2.32. The van der Waals surface area contributed by atoms with Crippen molar-refractivity contribution < 1.29 is 28.6 Å². The number of hydrogen-bond acceptors (Lipinski definition) is 6. The second kappa shape index (κ2) is 15.9. The molecule has 0 amide bonds. The lowest BCUT2D eigenvalue weighted by Gasteiger charge is -2.37. The van der Waals surface area contributed by atoms with Crippen molar-refractivity contribution in [1.29, 1.82) is 0 Å². The largest absolute Gasteiger partial charge is 0.463 e. The molecule has 6 nitrogen and oxygen atoms in total. The number of benzene rings is 1. The molecule has 0 radical (unpaired) electrons. The van der Waals surface area contributed by atoms with E-state index in [1.807, 2.05) is 0 Å². The van der Waals surface area contributed by atoms with E-state index in [9.17, 15) is 14.4 Å². The van der Waals surface area contributed by atoms with Crippen LogP contribution in [0.15, 0.2) is 24.3 Å². The van der Waals surface area contributed by atoms with Gasteiger partial charge in [-0.3, -0.25) is 0 Å². The van der Waals surface area contributed by atoms with Gasteiger partial charge >= 0.3 is 17.9 Å². The van der Waals surface area contributed by atoms with Gasteiger partial charge < -0.3 is 14.2 Å². The SMILES string of the molecule is CCCCCCOC(=O)[C@@H](C)OC(=O)c1ccc(C(=O)OC2CCC(C3CCC(CCC)CC3)CC2)cc1. The summed E-state index contributed by atoms with van der Waals surface area (Å²) in [6, 6.07) is 6.23. The Hall–Kier alpha value is -2.37. The Kier molecular flexibility index (Phi) is 12.6. The molecule has 212 valence electrons. The zero-order valence-corrected chi connectivity index (χ0v) is 23.8. The molecule has 1 aromatic rings. The quantitative estimate of drug-likeness (QED) is 0.148. The van der Waals surface area contributed by atoms with E-state index in [0.717, 1.165) is 69.1 Å². The molecule has 0 bridgehead atoms. The molecule has 0 N–H and O–H groups in total. The maximum Gasteiger partial charge on any atom is 0.347 e.